The highest BCUT2D eigenvalue weighted by atomic mass is 16.3. The molecule has 1 atom stereocenters. The van der Waals surface area contributed by atoms with E-state index in [2.05, 4.69) is 38.4 Å². The highest BCUT2D eigenvalue weighted by Gasteiger charge is 2.23. The second-order valence-electron chi connectivity index (χ2n) is 8.62. The van der Waals surface area contributed by atoms with Gasteiger partial charge in [0.1, 0.15) is 5.52 Å². The Kier molecular flexibility index (Phi) is 6.59. The number of rotatable bonds is 7. The predicted octanol–water partition coefficient (Wildman–Crippen LogP) is 7.23. The number of hydrogen-bond acceptors (Lipinski definition) is 7. The third-order valence-corrected chi connectivity index (χ3v) is 6.28. The predicted molar refractivity (Wildman–Crippen MR) is 144 cm³/mol. The molecule has 0 saturated heterocycles. The van der Waals surface area contributed by atoms with Crippen LogP contribution in [0.15, 0.2) is 99.4 Å². The number of nitrogens with one attached hydrogen (secondary N) is 2. The molecule has 0 fully saturated rings. The minimum atomic E-state index is 0.00389. The Balaban J connectivity index is 1.34. The van der Waals surface area contributed by atoms with Crippen molar-refractivity contribution in [1.82, 2.24) is 9.97 Å². The molecular weight excluding hydrogens is 448 g/mol. The normalized spacial score (nSPS) is 16.0. The minimum absolute atomic E-state index is 0.00389. The van der Waals surface area contributed by atoms with E-state index in [4.69, 9.17) is 4.42 Å². The lowest BCUT2D eigenvalue weighted by Crippen LogP contribution is -2.13. The molecule has 2 heterocycles. The van der Waals surface area contributed by atoms with Crippen LogP contribution >= 0.6 is 0 Å². The second-order valence-corrected chi connectivity index (χ2v) is 8.62. The molecule has 2 aromatic carbocycles. The largest absolute Gasteiger partial charge is 0.436 e. The first-order chi connectivity index (χ1) is 17.7. The molecule has 4 aromatic rings. The molecule has 1 aliphatic rings. The molecule has 0 saturated carbocycles. The van der Waals surface area contributed by atoms with Crippen LogP contribution in [0.2, 0.25) is 0 Å². The van der Waals surface area contributed by atoms with Gasteiger partial charge in [0.05, 0.1) is 12.0 Å². The lowest BCUT2D eigenvalue weighted by Gasteiger charge is -2.24. The van der Waals surface area contributed by atoms with Gasteiger partial charge in [-0.25, -0.2) is 4.98 Å². The van der Waals surface area contributed by atoms with E-state index in [1.54, 1.807) is 12.4 Å². The van der Waals surface area contributed by atoms with Crippen molar-refractivity contribution >= 4 is 34.9 Å². The molecule has 2 aromatic heterocycles. The van der Waals surface area contributed by atoms with Crippen LogP contribution in [0, 0.1) is 17.2 Å². The van der Waals surface area contributed by atoms with Gasteiger partial charge in [0.25, 0.3) is 0 Å². The monoisotopic (exact) mass is 474 g/mol. The fourth-order valence-electron chi connectivity index (χ4n) is 4.38. The average molecular weight is 475 g/mol. The van der Waals surface area contributed by atoms with Crippen molar-refractivity contribution in [2.24, 2.45) is 10.9 Å². The Morgan fingerprint density at radius 2 is 1.89 bits per heavy atom. The maximum Gasteiger partial charge on any atom is 0.227 e. The Bertz CT molecular complexity index is 1490. The molecule has 2 N–H and O–H groups in total. The number of fused-ring (bicyclic) bond motifs is 1. The topological polar surface area (TPSA) is 99.1 Å². The van der Waals surface area contributed by atoms with Gasteiger partial charge in [-0.1, -0.05) is 6.08 Å². The third-order valence-electron chi connectivity index (χ3n) is 6.28. The quantitative estimate of drug-likeness (QED) is 0.274. The van der Waals surface area contributed by atoms with Gasteiger partial charge in [0, 0.05) is 52.5 Å². The average Bonchev–Trinajstić information content (AvgIpc) is 3.36. The maximum atomic E-state index is 9.41. The summed E-state index contributed by atoms with van der Waals surface area (Å²) >= 11 is 0. The summed E-state index contributed by atoms with van der Waals surface area (Å²) < 4.78 is 6.07. The molecule has 178 valence electrons. The maximum absolute atomic E-state index is 9.41. The van der Waals surface area contributed by atoms with Crippen molar-refractivity contribution < 1.29 is 4.42 Å². The van der Waals surface area contributed by atoms with E-state index in [0.717, 1.165) is 58.0 Å². The summed E-state index contributed by atoms with van der Waals surface area (Å²) in [6, 6.07) is 20.0. The number of pyridine rings is 1. The highest BCUT2D eigenvalue weighted by Crippen LogP contribution is 2.35. The highest BCUT2D eigenvalue weighted by molar-refractivity contribution is 5.81. The van der Waals surface area contributed by atoms with Crippen LogP contribution in [0.1, 0.15) is 26.2 Å². The molecule has 0 radical (unpaired) electrons. The number of hydrogen-bond donors (Lipinski definition) is 2. The van der Waals surface area contributed by atoms with Crippen molar-refractivity contribution in [1.29, 1.82) is 5.26 Å². The van der Waals surface area contributed by atoms with Gasteiger partial charge in [-0.15, -0.1) is 0 Å². The van der Waals surface area contributed by atoms with Crippen LogP contribution in [-0.4, -0.2) is 16.7 Å². The molecule has 0 aliphatic heterocycles. The number of nitrogens with zero attached hydrogens (tertiary/aromatic N) is 4. The zero-order chi connectivity index (χ0) is 24.9. The Hall–Kier alpha value is -4.70. The van der Waals surface area contributed by atoms with E-state index in [9.17, 15) is 5.26 Å². The zero-order valence-electron chi connectivity index (χ0n) is 20.0. The summed E-state index contributed by atoms with van der Waals surface area (Å²) in [5, 5.41) is 16.2. The number of oxazole rings is 1. The molecule has 7 nitrogen and oxygen atoms in total. The molecule has 0 amide bonds. The van der Waals surface area contributed by atoms with Crippen LogP contribution < -0.4 is 10.6 Å². The molecule has 5 rings (SSSR count). The van der Waals surface area contributed by atoms with Gasteiger partial charge in [0.2, 0.25) is 5.89 Å². The summed E-state index contributed by atoms with van der Waals surface area (Å²) in [7, 11) is 0. The van der Waals surface area contributed by atoms with E-state index in [1.807, 2.05) is 67.6 Å². The second kappa shape index (κ2) is 10.3. The Morgan fingerprint density at radius 1 is 1.11 bits per heavy atom. The molecule has 1 aliphatic carbocycles. The first-order valence-electron chi connectivity index (χ1n) is 11.9. The van der Waals surface area contributed by atoms with Gasteiger partial charge in [0.15, 0.2) is 5.58 Å². The summed E-state index contributed by atoms with van der Waals surface area (Å²) in [5.41, 5.74) is 8.18. The van der Waals surface area contributed by atoms with Gasteiger partial charge in [-0.2, -0.15) is 5.26 Å². The molecule has 36 heavy (non-hydrogen) atoms. The number of nitriles is 1. The number of benzene rings is 2. The minimum Gasteiger partial charge on any atom is -0.436 e. The fraction of sp³-hybridized carbons (Fsp3) is 0.172. The van der Waals surface area contributed by atoms with E-state index >= 15 is 0 Å². The van der Waals surface area contributed by atoms with Crippen molar-refractivity contribution in [2.45, 2.75) is 26.2 Å². The van der Waals surface area contributed by atoms with Crippen molar-refractivity contribution in [3.8, 4) is 17.5 Å². The van der Waals surface area contributed by atoms with E-state index < -0.39 is 0 Å². The van der Waals surface area contributed by atoms with E-state index in [-0.39, 0.29) is 5.92 Å². The Morgan fingerprint density at radius 3 is 2.61 bits per heavy atom. The van der Waals surface area contributed by atoms with Crippen LogP contribution in [0.4, 0.5) is 17.1 Å². The first kappa shape index (κ1) is 23.1. The number of allylic oxidation sites excluding steroid dienone is 3. The van der Waals surface area contributed by atoms with Crippen molar-refractivity contribution in [3.63, 3.8) is 0 Å². The smallest absolute Gasteiger partial charge is 0.227 e. The lowest BCUT2D eigenvalue weighted by atomic mass is 9.86. The third kappa shape index (κ3) is 4.89. The SMILES string of the molecule is C=NC1=C(/C(=C\C)Nc2ccc(-c3nc4ccc(Nc5ccncc5)cc4o3)cc2)CC(C#N)CC1. The number of aliphatic imine (C=N–C) groups is 1. The first-order valence-corrected chi connectivity index (χ1v) is 11.9. The van der Waals surface area contributed by atoms with Crippen molar-refractivity contribution in [3.05, 3.63) is 90.0 Å². The van der Waals surface area contributed by atoms with Gasteiger partial charge in [-0.3, -0.25) is 9.98 Å². The standard InChI is InChI=1S/C29H26N6O/c1-3-25(24-16-19(18-30)4-10-26(24)31-2)34-21-7-5-20(6-8-21)29-35-27-11-9-23(17-28(27)36-29)33-22-12-14-32-15-13-22/h3,5-9,11-15,17,19,34H,2,4,10,16H2,1H3,(H,32,33)/b25-3+. The molecule has 0 bridgehead atoms. The summed E-state index contributed by atoms with van der Waals surface area (Å²) in [6.45, 7) is 5.71. The number of aromatic nitrogens is 2. The van der Waals surface area contributed by atoms with Crippen molar-refractivity contribution in [2.75, 3.05) is 10.6 Å². The van der Waals surface area contributed by atoms with Crippen LogP contribution in [-0.2, 0) is 0 Å². The molecule has 7 heteroatoms. The summed E-state index contributed by atoms with van der Waals surface area (Å²) in [6.07, 6.45) is 7.78. The Labute approximate surface area is 209 Å². The molecule has 0 spiro atoms. The molecule has 1 unspecified atom stereocenters. The van der Waals surface area contributed by atoms with E-state index in [0.29, 0.717) is 17.9 Å². The molecular formula is C29H26N6O. The van der Waals surface area contributed by atoms with Crippen LogP contribution in [0.3, 0.4) is 0 Å². The van der Waals surface area contributed by atoms with Gasteiger partial charge < -0.3 is 15.1 Å². The lowest BCUT2D eigenvalue weighted by molar-refractivity contribution is 0.558. The van der Waals surface area contributed by atoms with Crippen LogP contribution in [0.5, 0.6) is 0 Å². The summed E-state index contributed by atoms with van der Waals surface area (Å²) in [4.78, 5) is 12.9. The fourth-order valence-corrected chi connectivity index (χ4v) is 4.38. The van der Waals surface area contributed by atoms with E-state index in [1.165, 1.54) is 0 Å². The zero-order valence-corrected chi connectivity index (χ0v) is 20.0. The van der Waals surface area contributed by atoms with Gasteiger partial charge >= 0.3 is 0 Å². The summed E-state index contributed by atoms with van der Waals surface area (Å²) in [5.74, 6) is 0.568. The van der Waals surface area contributed by atoms with Crippen LogP contribution in [0.25, 0.3) is 22.6 Å². The van der Waals surface area contributed by atoms with Gasteiger partial charge in [-0.05, 0) is 87.0 Å². The number of anilines is 3.